The zero-order chi connectivity index (χ0) is 21.7. The van der Waals surface area contributed by atoms with Crippen molar-refractivity contribution in [3.63, 3.8) is 0 Å². The van der Waals surface area contributed by atoms with E-state index in [2.05, 4.69) is 15.0 Å². The molecule has 0 aliphatic heterocycles. The smallest absolute Gasteiger partial charge is 0.353 e. The molecule has 0 saturated carbocycles. The highest BCUT2D eigenvalue weighted by Crippen LogP contribution is 2.42. The van der Waals surface area contributed by atoms with Crippen molar-refractivity contribution in [3.05, 3.63) is 35.7 Å². The van der Waals surface area contributed by atoms with E-state index < -0.39 is 13.9 Å². The lowest BCUT2D eigenvalue weighted by Gasteiger charge is -2.14. The van der Waals surface area contributed by atoms with Crippen LogP contribution in [-0.2, 0) is 27.0 Å². The fraction of sp³-hybridized carbons (Fsp3) is 0.389. The van der Waals surface area contributed by atoms with Crippen LogP contribution in [0.3, 0.4) is 0 Å². The van der Waals surface area contributed by atoms with Gasteiger partial charge in [-0.3, -0.25) is 4.57 Å². The van der Waals surface area contributed by atoms with Crippen molar-refractivity contribution in [2.24, 2.45) is 0 Å². The molecule has 2 aromatic heterocycles. The number of nitrogens with two attached hydrogens (primary N) is 1. The Hall–Kier alpha value is -2.72. The van der Waals surface area contributed by atoms with Crippen molar-refractivity contribution in [2.75, 3.05) is 32.9 Å². The monoisotopic (exact) mass is 437 g/mol. The summed E-state index contributed by atoms with van der Waals surface area (Å²) < 4.78 is 34.8. The molecule has 2 heterocycles. The molecule has 0 spiro atoms. The lowest BCUT2D eigenvalue weighted by atomic mass is 10.1. The van der Waals surface area contributed by atoms with Crippen LogP contribution in [0.15, 0.2) is 24.5 Å². The summed E-state index contributed by atoms with van der Waals surface area (Å²) in [4.78, 5) is 22.3. The van der Waals surface area contributed by atoms with Gasteiger partial charge in [0, 0.05) is 6.54 Å². The third-order valence-electron chi connectivity index (χ3n) is 4.27. The molecule has 0 aliphatic rings. The molecular weight excluding hydrogens is 413 g/mol. The van der Waals surface area contributed by atoms with Gasteiger partial charge in [0.25, 0.3) is 0 Å². The van der Waals surface area contributed by atoms with Crippen LogP contribution in [0.5, 0.6) is 11.6 Å². The average Bonchev–Trinajstić information content (AvgIpc) is 3.12. The Balaban J connectivity index is 1.51. The number of aryl methyl sites for hydroxylation is 1. The standard InChI is InChI=1S/C18H24N5O6P/c1-12-8-13(4-5-14(12)26-2)9-29-30(24,25)11-28-7-6-23-10-20-15-16(23)21-18(19)22-17(15)27-3/h4-5,8,10H,6-7,9,11H2,1-3H3,(H,24,25)(H2,19,21,22). The Bertz CT molecular complexity index is 1070. The second kappa shape index (κ2) is 9.40. The Morgan fingerprint density at radius 1 is 1.23 bits per heavy atom. The van der Waals surface area contributed by atoms with E-state index in [0.29, 0.717) is 17.7 Å². The topological polar surface area (TPSA) is 144 Å². The van der Waals surface area contributed by atoms with Gasteiger partial charge in [0.2, 0.25) is 11.8 Å². The van der Waals surface area contributed by atoms with Gasteiger partial charge >= 0.3 is 7.60 Å². The molecule has 0 saturated heterocycles. The quantitative estimate of drug-likeness (QED) is 0.357. The van der Waals surface area contributed by atoms with Crippen LogP contribution >= 0.6 is 7.60 Å². The van der Waals surface area contributed by atoms with Crippen LogP contribution in [0, 0.1) is 6.92 Å². The van der Waals surface area contributed by atoms with Gasteiger partial charge in [0.05, 0.1) is 33.8 Å². The number of ether oxygens (including phenoxy) is 3. The molecule has 0 radical (unpaired) electrons. The Kier molecular flexibility index (Phi) is 6.88. The minimum Gasteiger partial charge on any atom is -0.496 e. The summed E-state index contributed by atoms with van der Waals surface area (Å²) in [7, 11) is -0.857. The molecule has 0 amide bonds. The van der Waals surface area contributed by atoms with Crippen molar-refractivity contribution in [3.8, 4) is 11.6 Å². The lowest BCUT2D eigenvalue weighted by molar-refractivity contribution is 0.136. The molecule has 30 heavy (non-hydrogen) atoms. The first kappa shape index (κ1) is 22.0. The molecule has 1 aromatic carbocycles. The number of methoxy groups -OCH3 is 2. The third kappa shape index (κ3) is 5.25. The van der Waals surface area contributed by atoms with E-state index in [1.165, 1.54) is 7.11 Å². The third-order valence-corrected chi connectivity index (χ3v) is 5.31. The predicted octanol–water partition coefficient (Wildman–Crippen LogP) is 2.11. The van der Waals surface area contributed by atoms with E-state index in [9.17, 15) is 9.46 Å². The predicted molar refractivity (Wildman–Crippen MR) is 109 cm³/mol. The molecule has 3 aromatic rings. The minimum atomic E-state index is -3.91. The van der Waals surface area contributed by atoms with E-state index in [1.54, 1.807) is 30.1 Å². The average molecular weight is 437 g/mol. The highest BCUT2D eigenvalue weighted by molar-refractivity contribution is 7.52. The van der Waals surface area contributed by atoms with E-state index in [1.807, 2.05) is 13.0 Å². The molecular formula is C18H24N5O6P. The van der Waals surface area contributed by atoms with Gasteiger partial charge in [-0.2, -0.15) is 9.97 Å². The number of hydrogen-bond donors (Lipinski definition) is 2. The maximum atomic E-state index is 12.2. The maximum absolute atomic E-state index is 12.2. The van der Waals surface area contributed by atoms with Crippen molar-refractivity contribution < 1.29 is 28.2 Å². The molecule has 1 unspecified atom stereocenters. The zero-order valence-corrected chi connectivity index (χ0v) is 17.8. The maximum Gasteiger partial charge on any atom is 0.353 e. The van der Waals surface area contributed by atoms with Crippen LogP contribution in [-0.4, -0.2) is 51.6 Å². The van der Waals surface area contributed by atoms with Gasteiger partial charge in [-0.25, -0.2) is 4.98 Å². The second-order valence-electron chi connectivity index (χ2n) is 6.45. The number of fused-ring (bicyclic) bond motifs is 1. The largest absolute Gasteiger partial charge is 0.496 e. The number of rotatable bonds is 10. The summed E-state index contributed by atoms with van der Waals surface area (Å²) in [5.74, 6) is 1.08. The molecule has 162 valence electrons. The van der Waals surface area contributed by atoms with Crippen molar-refractivity contribution in [1.82, 2.24) is 19.5 Å². The molecule has 12 heteroatoms. The second-order valence-corrected chi connectivity index (χ2v) is 8.24. The van der Waals surface area contributed by atoms with Crippen molar-refractivity contribution in [1.29, 1.82) is 0 Å². The van der Waals surface area contributed by atoms with Crippen LogP contribution in [0.4, 0.5) is 5.95 Å². The summed E-state index contributed by atoms with van der Waals surface area (Å²) in [5.41, 5.74) is 8.31. The van der Waals surface area contributed by atoms with Crippen molar-refractivity contribution >= 4 is 24.7 Å². The minimum absolute atomic E-state index is 0.00980. The normalized spacial score (nSPS) is 13.3. The van der Waals surface area contributed by atoms with E-state index in [0.717, 1.165) is 16.9 Å². The van der Waals surface area contributed by atoms with E-state index in [-0.39, 0.29) is 25.0 Å². The van der Waals surface area contributed by atoms with Gasteiger partial charge in [-0.05, 0) is 24.1 Å². The zero-order valence-electron chi connectivity index (χ0n) is 16.9. The Morgan fingerprint density at radius 2 is 2.03 bits per heavy atom. The summed E-state index contributed by atoms with van der Waals surface area (Å²) in [5, 5.41) is 0. The summed E-state index contributed by atoms with van der Waals surface area (Å²) >= 11 is 0. The number of imidazole rings is 1. The number of aromatic nitrogens is 4. The first-order chi connectivity index (χ1) is 14.3. The number of nitrogens with zero attached hydrogens (tertiary/aromatic N) is 4. The molecule has 0 bridgehead atoms. The number of anilines is 1. The molecule has 3 rings (SSSR count). The number of hydrogen-bond acceptors (Lipinski definition) is 9. The fourth-order valence-corrected chi connectivity index (χ4v) is 3.61. The Morgan fingerprint density at radius 3 is 2.73 bits per heavy atom. The molecule has 0 fully saturated rings. The fourth-order valence-electron chi connectivity index (χ4n) is 2.83. The number of benzene rings is 1. The van der Waals surface area contributed by atoms with Crippen LogP contribution in [0.25, 0.3) is 11.2 Å². The highest BCUT2D eigenvalue weighted by Gasteiger charge is 2.20. The molecule has 3 N–H and O–H groups in total. The lowest BCUT2D eigenvalue weighted by Crippen LogP contribution is -2.08. The first-order valence-electron chi connectivity index (χ1n) is 9.03. The van der Waals surface area contributed by atoms with Gasteiger partial charge in [-0.15, -0.1) is 0 Å². The van der Waals surface area contributed by atoms with Crippen LogP contribution in [0.2, 0.25) is 0 Å². The van der Waals surface area contributed by atoms with E-state index in [4.69, 9.17) is 24.5 Å². The SMILES string of the molecule is COc1ccc(COP(=O)(O)COCCn2cnc3c(OC)nc(N)nc32)cc1C. The van der Waals surface area contributed by atoms with Gasteiger partial charge in [0.1, 0.15) is 12.1 Å². The first-order valence-corrected chi connectivity index (χ1v) is 10.8. The summed E-state index contributed by atoms with van der Waals surface area (Å²) in [6.45, 7) is 2.36. The molecule has 11 nitrogen and oxygen atoms in total. The highest BCUT2D eigenvalue weighted by atomic mass is 31.2. The van der Waals surface area contributed by atoms with E-state index >= 15 is 0 Å². The van der Waals surface area contributed by atoms with Gasteiger partial charge in [-0.1, -0.05) is 12.1 Å². The van der Waals surface area contributed by atoms with Crippen molar-refractivity contribution in [2.45, 2.75) is 20.1 Å². The summed E-state index contributed by atoms with van der Waals surface area (Å²) in [6, 6.07) is 5.40. The van der Waals surface area contributed by atoms with Crippen LogP contribution in [0.1, 0.15) is 11.1 Å². The van der Waals surface area contributed by atoms with Gasteiger partial charge < -0.3 is 33.9 Å². The molecule has 0 aliphatic carbocycles. The summed E-state index contributed by atoms with van der Waals surface area (Å²) in [6.07, 6.45) is 1.11. The van der Waals surface area contributed by atoms with Gasteiger partial charge in [0.15, 0.2) is 11.2 Å². The Labute approximate surface area is 173 Å². The van der Waals surface area contributed by atoms with Crippen LogP contribution < -0.4 is 15.2 Å². The number of nitrogen functional groups attached to an aromatic ring is 1. The molecule has 1 atom stereocenters.